The van der Waals surface area contributed by atoms with Gasteiger partial charge in [0.15, 0.2) is 0 Å². The molecule has 0 spiro atoms. The predicted molar refractivity (Wildman–Crippen MR) is 65.6 cm³/mol. The van der Waals surface area contributed by atoms with Gasteiger partial charge in [0.05, 0.1) is 6.54 Å². The van der Waals surface area contributed by atoms with Crippen molar-refractivity contribution in [2.24, 2.45) is 0 Å². The van der Waals surface area contributed by atoms with Crippen LogP contribution in [0, 0.1) is 12.3 Å². The molecule has 0 bridgehead atoms. The summed E-state index contributed by atoms with van der Waals surface area (Å²) in [7, 11) is -2.31. The number of nitrogens with zero attached hydrogens (tertiary/aromatic N) is 2. The first-order valence-electron chi connectivity index (χ1n) is 4.10. The second kappa shape index (κ2) is 5.15. The molecule has 0 aliphatic heterocycles. The van der Waals surface area contributed by atoms with Crippen molar-refractivity contribution in [1.29, 1.82) is 0 Å². The third-order valence-corrected chi connectivity index (χ3v) is 4.44. The largest absolute Gasteiger partial charge is 0.246 e. The van der Waals surface area contributed by atoms with E-state index in [-0.39, 0.29) is 16.6 Å². The van der Waals surface area contributed by atoms with E-state index >= 15 is 0 Å². The van der Waals surface area contributed by atoms with Crippen LogP contribution in [0.2, 0.25) is 5.15 Å². The third kappa shape index (κ3) is 2.74. The number of hydrogen-bond acceptors (Lipinski definition) is 3. The quantitative estimate of drug-likeness (QED) is 0.629. The summed E-state index contributed by atoms with van der Waals surface area (Å²) in [6.45, 7) is -0.0226. The lowest BCUT2D eigenvalue weighted by molar-refractivity contribution is 0.502. The van der Waals surface area contributed by atoms with Crippen molar-refractivity contribution in [1.82, 2.24) is 9.29 Å². The molecule has 0 amide bonds. The van der Waals surface area contributed by atoms with Gasteiger partial charge in [-0.15, -0.1) is 6.42 Å². The number of terminal acetylenes is 1. The maximum Gasteiger partial charge on any atom is 0.246 e. The van der Waals surface area contributed by atoms with Crippen LogP contribution in [-0.2, 0) is 10.0 Å². The van der Waals surface area contributed by atoms with Gasteiger partial charge in [0.1, 0.15) is 10.0 Å². The Hall–Kier alpha value is -0.610. The van der Waals surface area contributed by atoms with Crippen LogP contribution in [0.4, 0.5) is 0 Å². The molecule has 1 heterocycles. The van der Waals surface area contributed by atoms with E-state index < -0.39 is 10.0 Å². The average Bonchev–Trinajstić information content (AvgIpc) is 2.22. The minimum Gasteiger partial charge on any atom is -0.242 e. The van der Waals surface area contributed by atoms with E-state index in [1.54, 1.807) is 0 Å². The van der Waals surface area contributed by atoms with Crippen LogP contribution in [0.5, 0.6) is 0 Å². The van der Waals surface area contributed by atoms with Crippen molar-refractivity contribution >= 4 is 37.6 Å². The van der Waals surface area contributed by atoms with Gasteiger partial charge in [0.25, 0.3) is 0 Å². The lowest BCUT2D eigenvalue weighted by atomic mass is 10.5. The number of aromatic nitrogens is 1. The highest BCUT2D eigenvalue weighted by atomic mass is 79.9. The van der Waals surface area contributed by atoms with Crippen molar-refractivity contribution < 1.29 is 8.42 Å². The monoisotopic (exact) mass is 322 g/mol. The van der Waals surface area contributed by atoms with Crippen molar-refractivity contribution in [2.75, 3.05) is 13.6 Å². The fraction of sp³-hybridized carbons (Fsp3) is 0.222. The molecule has 0 N–H and O–H groups in total. The summed E-state index contributed by atoms with van der Waals surface area (Å²) in [5.41, 5.74) is 0. The number of hydrogen-bond donors (Lipinski definition) is 0. The van der Waals surface area contributed by atoms with Gasteiger partial charge in [-0.05, 0) is 22.0 Å². The molecular weight excluding hydrogens is 316 g/mol. The van der Waals surface area contributed by atoms with Gasteiger partial charge < -0.3 is 0 Å². The van der Waals surface area contributed by atoms with Crippen LogP contribution in [0.15, 0.2) is 21.6 Å². The number of pyridine rings is 1. The molecule has 0 saturated heterocycles. The van der Waals surface area contributed by atoms with E-state index in [9.17, 15) is 8.42 Å². The molecule has 0 unspecified atom stereocenters. The Morgan fingerprint density at radius 2 is 2.31 bits per heavy atom. The summed E-state index contributed by atoms with van der Waals surface area (Å²) < 4.78 is 25.5. The molecule has 1 rings (SSSR count). The summed E-state index contributed by atoms with van der Waals surface area (Å²) in [6, 6.07) is 1.39. The standard InChI is InChI=1S/C9H8BrClN2O2S/c1-3-4-13(2)16(14,15)8-5-7(10)6-12-9(8)11/h1,5-6H,4H2,2H3. The van der Waals surface area contributed by atoms with Gasteiger partial charge in [-0.3, -0.25) is 0 Å². The molecule has 1 aromatic heterocycles. The third-order valence-electron chi connectivity index (χ3n) is 1.78. The maximum atomic E-state index is 12.0. The highest BCUT2D eigenvalue weighted by Gasteiger charge is 2.23. The molecule has 0 radical (unpaired) electrons. The van der Waals surface area contributed by atoms with Gasteiger partial charge in [0.2, 0.25) is 10.0 Å². The Morgan fingerprint density at radius 3 is 2.88 bits per heavy atom. The molecule has 0 aromatic carbocycles. The summed E-state index contributed by atoms with van der Waals surface area (Å²) in [6.07, 6.45) is 6.48. The SMILES string of the molecule is C#CCN(C)S(=O)(=O)c1cc(Br)cnc1Cl. The molecule has 1 aromatic rings. The molecule has 7 heteroatoms. The minimum absolute atomic E-state index is 0.0226. The smallest absolute Gasteiger partial charge is 0.242 e. The molecular formula is C9H8BrClN2O2S. The fourth-order valence-electron chi connectivity index (χ4n) is 0.966. The zero-order valence-corrected chi connectivity index (χ0v) is 11.5. The minimum atomic E-state index is -3.69. The second-order valence-corrected chi connectivity index (χ2v) is 6.19. The Morgan fingerprint density at radius 1 is 1.69 bits per heavy atom. The fourth-order valence-corrected chi connectivity index (χ4v) is 2.97. The van der Waals surface area contributed by atoms with E-state index in [1.165, 1.54) is 19.3 Å². The van der Waals surface area contributed by atoms with Crippen molar-refractivity contribution in [2.45, 2.75) is 4.90 Å². The van der Waals surface area contributed by atoms with Crippen molar-refractivity contribution in [3.05, 3.63) is 21.9 Å². The molecule has 86 valence electrons. The molecule has 0 atom stereocenters. The second-order valence-electron chi connectivity index (χ2n) is 2.91. The number of rotatable bonds is 3. The maximum absolute atomic E-state index is 12.0. The Labute approximate surface area is 108 Å². The van der Waals surface area contributed by atoms with E-state index in [4.69, 9.17) is 18.0 Å². The first kappa shape index (κ1) is 13.5. The average molecular weight is 324 g/mol. The first-order chi connectivity index (χ1) is 7.39. The van der Waals surface area contributed by atoms with Crippen LogP contribution in [0.25, 0.3) is 0 Å². The number of halogens is 2. The summed E-state index contributed by atoms with van der Waals surface area (Å²) in [5, 5.41) is -0.0768. The Kier molecular flexibility index (Phi) is 4.33. The van der Waals surface area contributed by atoms with Gasteiger partial charge in [0, 0.05) is 17.7 Å². The lowest BCUT2D eigenvalue weighted by Gasteiger charge is -2.14. The Balaban J connectivity index is 3.28. The zero-order valence-electron chi connectivity index (χ0n) is 8.31. The molecule has 0 saturated carbocycles. The van der Waals surface area contributed by atoms with Crippen molar-refractivity contribution in [3.63, 3.8) is 0 Å². The topological polar surface area (TPSA) is 50.3 Å². The molecule has 0 aliphatic rings. The first-order valence-corrected chi connectivity index (χ1v) is 6.71. The van der Waals surface area contributed by atoms with E-state index in [0.717, 1.165) is 4.31 Å². The molecule has 4 nitrogen and oxygen atoms in total. The highest BCUT2D eigenvalue weighted by Crippen LogP contribution is 2.24. The van der Waals surface area contributed by atoms with Crippen LogP contribution >= 0.6 is 27.5 Å². The zero-order chi connectivity index (χ0) is 12.3. The van der Waals surface area contributed by atoms with Crippen LogP contribution in [-0.4, -0.2) is 31.3 Å². The molecule has 16 heavy (non-hydrogen) atoms. The van der Waals surface area contributed by atoms with Crippen LogP contribution in [0.1, 0.15) is 0 Å². The van der Waals surface area contributed by atoms with Gasteiger partial charge in [-0.25, -0.2) is 13.4 Å². The summed E-state index contributed by atoms with van der Waals surface area (Å²) in [4.78, 5) is 3.68. The Bertz CT molecular complexity index is 539. The van der Waals surface area contributed by atoms with E-state index in [2.05, 4.69) is 26.8 Å². The number of sulfonamides is 1. The van der Waals surface area contributed by atoms with Crippen molar-refractivity contribution in [3.8, 4) is 12.3 Å². The normalized spacial score (nSPS) is 11.4. The van der Waals surface area contributed by atoms with E-state index in [0.29, 0.717) is 4.47 Å². The lowest BCUT2D eigenvalue weighted by Crippen LogP contribution is -2.27. The predicted octanol–water partition coefficient (Wildman–Crippen LogP) is 1.75. The highest BCUT2D eigenvalue weighted by molar-refractivity contribution is 9.10. The van der Waals surface area contributed by atoms with Gasteiger partial charge >= 0.3 is 0 Å². The van der Waals surface area contributed by atoms with E-state index in [1.807, 2.05) is 0 Å². The summed E-state index contributed by atoms with van der Waals surface area (Å²) >= 11 is 8.87. The van der Waals surface area contributed by atoms with Gasteiger partial charge in [-0.2, -0.15) is 4.31 Å². The molecule has 0 aliphatic carbocycles. The van der Waals surface area contributed by atoms with Crippen LogP contribution in [0.3, 0.4) is 0 Å². The van der Waals surface area contributed by atoms with Gasteiger partial charge in [-0.1, -0.05) is 17.5 Å². The van der Waals surface area contributed by atoms with Crippen LogP contribution < -0.4 is 0 Å². The summed E-state index contributed by atoms with van der Waals surface area (Å²) in [5.74, 6) is 2.25. The molecule has 0 fully saturated rings.